The number of amides is 1. The molecule has 2 aromatic heterocycles. The monoisotopic (exact) mass is 750 g/mol. The summed E-state index contributed by atoms with van der Waals surface area (Å²) in [5, 5.41) is 16.6. The van der Waals surface area contributed by atoms with Crippen LogP contribution < -0.4 is 30.8 Å². The van der Waals surface area contributed by atoms with Crippen LogP contribution in [0, 0.1) is 11.1 Å². The number of rotatable bonds is 14. The van der Waals surface area contributed by atoms with Crippen LogP contribution in [0.15, 0.2) is 96.1 Å². The lowest BCUT2D eigenvalue weighted by Gasteiger charge is -2.45. The van der Waals surface area contributed by atoms with Gasteiger partial charge < -0.3 is 29.3 Å². The molecule has 15 heteroatoms. The van der Waals surface area contributed by atoms with Crippen molar-refractivity contribution in [1.82, 2.24) is 9.55 Å². The fourth-order valence-electron chi connectivity index (χ4n) is 6.41. The Morgan fingerprint density at radius 2 is 1.75 bits per heavy atom. The summed E-state index contributed by atoms with van der Waals surface area (Å²) in [6.45, 7) is 9.52. The van der Waals surface area contributed by atoms with Gasteiger partial charge in [0.05, 0.1) is 31.5 Å². The lowest BCUT2D eigenvalue weighted by molar-refractivity contribution is -0.616. The molecule has 1 saturated heterocycles. The molecule has 1 aliphatic rings. The van der Waals surface area contributed by atoms with Crippen molar-refractivity contribution in [3.8, 4) is 5.75 Å². The van der Waals surface area contributed by atoms with Gasteiger partial charge in [0, 0.05) is 24.6 Å². The number of hydrogen-bond acceptors (Lipinski definition) is 9. The number of nitrogens with one attached hydrogen (secondary N) is 1. The summed E-state index contributed by atoms with van der Waals surface area (Å²) in [6, 6.07) is 24.6. The zero-order chi connectivity index (χ0) is 37.7. The zero-order valence-corrected chi connectivity index (χ0v) is 32.2. The second kappa shape index (κ2) is 16.2. The summed E-state index contributed by atoms with van der Waals surface area (Å²) in [5.74, 6) is -0.0333. The van der Waals surface area contributed by atoms with Crippen molar-refractivity contribution in [1.29, 1.82) is 0 Å². The normalized spacial score (nSPS) is 19.0. The number of methoxy groups -OCH3 is 1. The highest BCUT2D eigenvalue weighted by atomic mass is 31.2. The van der Waals surface area contributed by atoms with Gasteiger partial charge in [-0.25, -0.2) is 4.79 Å². The highest BCUT2D eigenvalue weighted by Gasteiger charge is 2.54. The predicted molar refractivity (Wildman–Crippen MR) is 199 cm³/mol. The molecule has 52 heavy (non-hydrogen) atoms. The van der Waals surface area contributed by atoms with E-state index < -0.39 is 46.6 Å². The quantitative estimate of drug-likeness (QED) is 0.0812. The van der Waals surface area contributed by atoms with Crippen molar-refractivity contribution in [2.75, 3.05) is 18.6 Å². The van der Waals surface area contributed by atoms with Gasteiger partial charge >= 0.3 is 13.3 Å². The van der Waals surface area contributed by atoms with Crippen LogP contribution in [0.3, 0.4) is 0 Å². The minimum absolute atomic E-state index is 0.0489. The Morgan fingerprint density at radius 1 is 1.12 bits per heavy atom. The van der Waals surface area contributed by atoms with Crippen molar-refractivity contribution in [2.24, 2.45) is 5.92 Å². The van der Waals surface area contributed by atoms with E-state index in [1.54, 1.807) is 13.8 Å². The minimum atomic E-state index is -4.25. The standard InChI is InChI=1S/C37H47N4O9PSi/c1-26(2)35(42)38-33-18-20-40(36(43)39-33)34-24-32(31(49-34)19-22-51(45,46)48-25-27-23-28(47-6)17-21-41(27)44)50-52(37(3,4)5,29-13-9-7-10-14-29)30-15-11-8-12-16-30/h7-18,20-21,23,26,31-32,34H,19,22,24-25H2,1-6H3,(H,45,46)(H,38,39,42,43)/t31-,32+,34-/m1/s1. The molecule has 13 nitrogen and oxygen atoms in total. The molecular formula is C37H47N4O9PSi. The fraction of sp³-hybridized carbons (Fsp3) is 0.405. The SMILES string of the molecule is COc1cc[n+]([O-])c(COP(=O)(O)CC[C@H]2O[C@@H](n3ccc(NC(=O)C(C)C)nc3=O)C[C@@H]2O[Si](c2ccccc2)(c2ccccc2)C(C)(C)C)c1. The number of benzene rings is 2. The highest BCUT2D eigenvalue weighted by Crippen LogP contribution is 2.47. The fourth-order valence-corrected chi connectivity index (χ4v) is 12.2. The Morgan fingerprint density at radius 3 is 2.31 bits per heavy atom. The maximum atomic E-state index is 13.4. The molecule has 1 amide bonds. The van der Waals surface area contributed by atoms with Gasteiger partial charge in [-0.05, 0) is 27.9 Å². The lowest BCUT2D eigenvalue weighted by Crippen LogP contribution is -2.68. The molecule has 4 atom stereocenters. The summed E-state index contributed by atoms with van der Waals surface area (Å²) in [6.07, 6.45) is 0.568. The molecule has 1 fully saturated rings. The van der Waals surface area contributed by atoms with Crippen LogP contribution in [-0.4, -0.2) is 54.1 Å². The predicted octanol–water partition coefficient (Wildman–Crippen LogP) is 4.50. The van der Waals surface area contributed by atoms with Gasteiger partial charge in [0.1, 0.15) is 24.4 Å². The summed E-state index contributed by atoms with van der Waals surface area (Å²) in [7, 11) is -5.93. The van der Waals surface area contributed by atoms with E-state index in [0.717, 1.165) is 10.4 Å². The van der Waals surface area contributed by atoms with Crippen molar-refractivity contribution < 1.29 is 37.4 Å². The first kappa shape index (κ1) is 39.0. The first-order valence-electron chi connectivity index (χ1n) is 17.2. The number of anilines is 1. The van der Waals surface area contributed by atoms with Gasteiger partial charge in [0.25, 0.3) is 8.32 Å². The molecule has 1 aliphatic heterocycles. The molecule has 0 saturated carbocycles. The van der Waals surface area contributed by atoms with E-state index in [9.17, 15) is 24.3 Å². The molecule has 278 valence electrons. The van der Waals surface area contributed by atoms with Gasteiger partial charge in [-0.2, -0.15) is 9.71 Å². The second-order valence-corrected chi connectivity index (χ2v) is 20.4. The lowest BCUT2D eigenvalue weighted by atomic mass is 10.1. The van der Waals surface area contributed by atoms with Crippen LogP contribution >= 0.6 is 7.60 Å². The van der Waals surface area contributed by atoms with Crippen molar-refractivity contribution in [3.05, 3.63) is 113 Å². The number of aromatic nitrogens is 3. The average molecular weight is 751 g/mol. The number of carbonyl (C=O) groups excluding carboxylic acids is 1. The molecule has 5 rings (SSSR count). The highest BCUT2D eigenvalue weighted by molar-refractivity contribution is 7.52. The Balaban J connectivity index is 1.47. The third-order valence-corrected chi connectivity index (χ3v) is 15.6. The largest absolute Gasteiger partial charge is 0.618 e. The van der Waals surface area contributed by atoms with Crippen molar-refractivity contribution in [3.63, 3.8) is 0 Å². The van der Waals surface area contributed by atoms with Gasteiger partial charge in [-0.3, -0.25) is 18.5 Å². The first-order chi connectivity index (χ1) is 24.6. The van der Waals surface area contributed by atoms with Gasteiger partial charge in [0.15, 0.2) is 6.20 Å². The Bertz CT molecular complexity index is 1900. The maximum Gasteiger partial charge on any atom is 0.351 e. The number of carbonyl (C=O) groups is 1. The molecule has 4 aromatic rings. The summed E-state index contributed by atoms with van der Waals surface area (Å²) < 4.78 is 39.8. The Kier molecular flexibility index (Phi) is 12.2. The number of ether oxygens (including phenoxy) is 2. The molecule has 0 radical (unpaired) electrons. The molecule has 0 spiro atoms. The van der Waals surface area contributed by atoms with Crippen LogP contribution in [0.5, 0.6) is 5.75 Å². The van der Waals surface area contributed by atoms with E-state index >= 15 is 0 Å². The van der Waals surface area contributed by atoms with Gasteiger partial charge in [-0.15, -0.1) is 0 Å². The Hall–Kier alpha value is -4.17. The maximum absolute atomic E-state index is 13.4. The minimum Gasteiger partial charge on any atom is -0.618 e. The van der Waals surface area contributed by atoms with Crippen LogP contribution in [0.25, 0.3) is 0 Å². The van der Waals surface area contributed by atoms with Crippen LogP contribution in [0.1, 0.15) is 59.4 Å². The van der Waals surface area contributed by atoms with E-state index in [0.29, 0.717) is 10.5 Å². The number of pyridine rings is 1. The number of hydrogen-bond donors (Lipinski definition) is 2. The summed E-state index contributed by atoms with van der Waals surface area (Å²) in [5.41, 5.74) is -0.518. The molecule has 0 bridgehead atoms. The second-order valence-electron chi connectivity index (χ2n) is 14.1. The molecule has 2 aromatic carbocycles. The number of nitrogens with zero attached hydrogens (tertiary/aromatic N) is 3. The van der Waals surface area contributed by atoms with Gasteiger partial charge in [0.2, 0.25) is 11.6 Å². The van der Waals surface area contributed by atoms with Crippen LogP contribution in [0.2, 0.25) is 5.04 Å². The molecule has 3 heterocycles. The topological polar surface area (TPSA) is 165 Å². The zero-order valence-electron chi connectivity index (χ0n) is 30.3. The smallest absolute Gasteiger partial charge is 0.351 e. The average Bonchev–Trinajstić information content (AvgIpc) is 3.51. The third-order valence-electron chi connectivity index (χ3n) is 9.15. The van der Waals surface area contributed by atoms with Crippen LogP contribution in [-0.2, 0) is 29.7 Å². The third kappa shape index (κ3) is 8.88. The first-order valence-corrected chi connectivity index (χ1v) is 20.9. The van der Waals surface area contributed by atoms with Gasteiger partial charge in [-0.1, -0.05) is 95.3 Å². The molecule has 2 N–H and O–H groups in total. The van der Waals surface area contributed by atoms with E-state index in [-0.39, 0.29) is 47.4 Å². The molecule has 1 unspecified atom stereocenters. The Labute approximate surface area is 304 Å². The van der Waals surface area contributed by atoms with E-state index in [2.05, 4.69) is 55.3 Å². The van der Waals surface area contributed by atoms with Crippen molar-refractivity contribution >= 4 is 38.0 Å². The summed E-state index contributed by atoms with van der Waals surface area (Å²) in [4.78, 5) is 40.6. The van der Waals surface area contributed by atoms with E-state index in [4.69, 9.17) is 18.4 Å². The molecular weight excluding hydrogens is 703 g/mol. The van der Waals surface area contributed by atoms with Crippen LogP contribution in [0.4, 0.5) is 5.82 Å². The summed E-state index contributed by atoms with van der Waals surface area (Å²) >= 11 is 0. The molecule has 0 aliphatic carbocycles. The van der Waals surface area contributed by atoms with E-state index in [1.807, 2.05) is 36.4 Å². The van der Waals surface area contributed by atoms with Crippen molar-refractivity contribution in [2.45, 2.75) is 77.5 Å². The van der Waals surface area contributed by atoms with E-state index in [1.165, 1.54) is 42.3 Å².